The molecule has 2 rings (SSSR count). The van der Waals surface area contributed by atoms with Gasteiger partial charge in [-0.05, 0) is 37.0 Å². The van der Waals surface area contributed by atoms with Gasteiger partial charge in [0.15, 0.2) is 0 Å². The molecule has 18 heavy (non-hydrogen) atoms. The molecule has 2 aromatic rings. The van der Waals surface area contributed by atoms with Crippen LogP contribution in [0.5, 0.6) is 0 Å². The summed E-state index contributed by atoms with van der Waals surface area (Å²) in [5.74, 6) is 0.601. The van der Waals surface area contributed by atoms with Crippen LogP contribution in [0.25, 0.3) is 0 Å². The first kappa shape index (κ1) is 12.7. The summed E-state index contributed by atoms with van der Waals surface area (Å²) in [4.78, 5) is 0. The summed E-state index contributed by atoms with van der Waals surface area (Å²) >= 11 is 0. The van der Waals surface area contributed by atoms with Crippen molar-refractivity contribution >= 4 is 5.69 Å². The fourth-order valence-corrected chi connectivity index (χ4v) is 2.05. The molecule has 2 aromatic carbocycles. The van der Waals surface area contributed by atoms with Crippen LogP contribution in [0.3, 0.4) is 0 Å². The maximum Gasteiger partial charge on any atom is 0.0340 e. The van der Waals surface area contributed by atoms with Crippen LogP contribution in [0.2, 0.25) is 0 Å². The Labute approximate surface area is 110 Å². The fourth-order valence-electron chi connectivity index (χ4n) is 2.05. The Morgan fingerprint density at radius 2 is 1.61 bits per heavy atom. The van der Waals surface area contributed by atoms with Crippen molar-refractivity contribution in [2.24, 2.45) is 0 Å². The van der Waals surface area contributed by atoms with Crippen LogP contribution < -0.4 is 5.32 Å². The molecular weight excluding hydrogens is 218 g/mol. The summed E-state index contributed by atoms with van der Waals surface area (Å²) in [6.07, 6.45) is 1.15. The number of rotatable bonds is 5. The predicted octanol–water partition coefficient (Wildman–Crippen LogP) is 4.60. The van der Waals surface area contributed by atoms with E-state index in [0.717, 1.165) is 13.0 Å². The van der Waals surface area contributed by atoms with Crippen LogP contribution in [0.15, 0.2) is 54.6 Å². The van der Waals surface area contributed by atoms with Gasteiger partial charge in [0.1, 0.15) is 0 Å². The first-order chi connectivity index (χ1) is 8.75. The molecule has 0 aliphatic heterocycles. The number of benzene rings is 2. The highest BCUT2D eigenvalue weighted by Gasteiger charge is 2.03. The van der Waals surface area contributed by atoms with Crippen LogP contribution >= 0.6 is 0 Å². The molecule has 94 valence electrons. The lowest BCUT2D eigenvalue weighted by Crippen LogP contribution is -2.05. The quantitative estimate of drug-likeness (QED) is 0.804. The van der Waals surface area contributed by atoms with E-state index in [1.165, 1.54) is 16.8 Å². The van der Waals surface area contributed by atoms with Crippen molar-refractivity contribution in [1.82, 2.24) is 0 Å². The van der Waals surface area contributed by atoms with E-state index in [2.05, 4.69) is 73.8 Å². The highest BCUT2D eigenvalue weighted by Crippen LogP contribution is 2.18. The van der Waals surface area contributed by atoms with E-state index < -0.39 is 0 Å². The first-order valence-corrected chi connectivity index (χ1v) is 6.61. The van der Waals surface area contributed by atoms with E-state index in [1.54, 1.807) is 0 Å². The van der Waals surface area contributed by atoms with Crippen LogP contribution in [0, 0.1) is 6.92 Å². The van der Waals surface area contributed by atoms with Gasteiger partial charge in [0.05, 0.1) is 0 Å². The molecule has 1 nitrogen and oxygen atoms in total. The molecule has 0 radical (unpaired) electrons. The smallest absolute Gasteiger partial charge is 0.0340 e. The molecule has 0 spiro atoms. The zero-order valence-electron chi connectivity index (χ0n) is 11.2. The van der Waals surface area contributed by atoms with Gasteiger partial charge in [0.25, 0.3) is 0 Å². The summed E-state index contributed by atoms with van der Waals surface area (Å²) in [5, 5.41) is 3.47. The minimum Gasteiger partial charge on any atom is -0.385 e. The fraction of sp³-hybridized carbons (Fsp3) is 0.294. The van der Waals surface area contributed by atoms with E-state index in [-0.39, 0.29) is 0 Å². The van der Waals surface area contributed by atoms with Gasteiger partial charge in [-0.15, -0.1) is 0 Å². The number of nitrogens with one attached hydrogen (secondary N) is 1. The molecule has 0 heterocycles. The summed E-state index contributed by atoms with van der Waals surface area (Å²) in [6.45, 7) is 5.41. The monoisotopic (exact) mass is 239 g/mol. The molecule has 1 unspecified atom stereocenters. The Morgan fingerprint density at radius 3 is 2.28 bits per heavy atom. The maximum absolute atomic E-state index is 3.47. The number of hydrogen-bond acceptors (Lipinski definition) is 1. The van der Waals surface area contributed by atoms with Crippen LogP contribution in [0.1, 0.15) is 30.4 Å². The lowest BCUT2D eigenvalue weighted by atomic mass is 9.98. The molecular formula is C17H21N. The van der Waals surface area contributed by atoms with Crippen molar-refractivity contribution in [3.05, 3.63) is 65.7 Å². The van der Waals surface area contributed by atoms with Crippen molar-refractivity contribution in [1.29, 1.82) is 0 Å². The molecule has 0 bridgehead atoms. The van der Waals surface area contributed by atoms with Crippen LogP contribution in [-0.4, -0.2) is 6.54 Å². The predicted molar refractivity (Wildman–Crippen MR) is 79.1 cm³/mol. The molecule has 0 aliphatic carbocycles. The van der Waals surface area contributed by atoms with E-state index in [4.69, 9.17) is 0 Å². The van der Waals surface area contributed by atoms with E-state index in [0.29, 0.717) is 5.92 Å². The SMILES string of the molecule is Cc1ccc(NCCC(C)c2ccccc2)cc1. The number of hydrogen-bond donors (Lipinski definition) is 1. The second-order valence-corrected chi connectivity index (χ2v) is 4.89. The average molecular weight is 239 g/mol. The van der Waals surface area contributed by atoms with E-state index in [1.807, 2.05) is 0 Å². The molecule has 0 saturated carbocycles. The third kappa shape index (κ3) is 3.63. The zero-order valence-corrected chi connectivity index (χ0v) is 11.2. The molecule has 1 heteroatoms. The average Bonchev–Trinajstić information content (AvgIpc) is 2.42. The van der Waals surface area contributed by atoms with E-state index >= 15 is 0 Å². The van der Waals surface area contributed by atoms with Gasteiger partial charge in [-0.2, -0.15) is 0 Å². The van der Waals surface area contributed by atoms with Crippen molar-refractivity contribution in [3.63, 3.8) is 0 Å². The summed E-state index contributed by atoms with van der Waals surface area (Å²) in [6, 6.07) is 19.3. The Balaban J connectivity index is 1.80. The van der Waals surface area contributed by atoms with Crippen molar-refractivity contribution in [2.75, 3.05) is 11.9 Å². The molecule has 1 N–H and O–H groups in total. The summed E-state index contributed by atoms with van der Waals surface area (Å²) in [7, 11) is 0. The van der Waals surface area contributed by atoms with Gasteiger partial charge in [-0.25, -0.2) is 0 Å². The normalized spacial score (nSPS) is 12.1. The molecule has 0 saturated heterocycles. The van der Waals surface area contributed by atoms with Gasteiger partial charge in [-0.1, -0.05) is 55.0 Å². The number of aryl methyl sites for hydroxylation is 1. The van der Waals surface area contributed by atoms with Crippen molar-refractivity contribution < 1.29 is 0 Å². The second kappa shape index (κ2) is 6.25. The molecule has 0 fully saturated rings. The van der Waals surface area contributed by atoms with Crippen molar-refractivity contribution in [2.45, 2.75) is 26.2 Å². The Morgan fingerprint density at radius 1 is 0.944 bits per heavy atom. The standard InChI is InChI=1S/C17H21N/c1-14-8-10-17(11-9-14)18-13-12-15(2)16-6-4-3-5-7-16/h3-11,15,18H,12-13H2,1-2H3. The van der Waals surface area contributed by atoms with Gasteiger partial charge in [-0.3, -0.25) is 0 Å². The van der Waals surface area contributed by atoms with Crippen LogP contribution in [0.4, 0.5) is 5.69 Å². The topological polar surface area (TPSA) is 12.0 Å². The Kier molecular flexibility index (Phi) is 4.40. The highest BCUT2D eigenvalue weighted by molar-refractivity contribution is 5.44. The zero-order chi connectivity index (χ0) is 12.8. The lowest BCUT2D eigenvalue weighted by molar-refractivity contribution is 0.706. The maximum atomic E-state index is 3.47. The third-order valence-corrected chi connectivity index (χ3v) is 3.33. The largest absolute Gasteiger partial charge is 0.385 e. The molecule has 0 amide bonds. The number of anilines is 1. The van der Waals surface area contributed by atoms with Gasteiger partial charge >= 0.3 is 0 Å². The van der Waals surface area contributed by atoms with Gasteiger partial charge < -0.3 is 5.32 Å². The Hall–Kier alpha value is -1.76. The minimum absolute atomic E-state index is 0.601. The highest BCUT2D eigenvalue weighted by atomic mass is 14.9. The molecule has 1 atom stereocenters. The minimum atomic E-state index is 0.601. The molecule has 0 aromatic heterocycles. The summed E-state index contributed by atoms with van der Waals surface area (Å²) in [5.41, 5.74) is 3.93. The third-order valence-electron chi connectivity index (χ3n) is 3.33. The van der Waals surface area contributed by atoms with Crippen LogP contribution in [-0.2, 0) is 0 Å². The Bertz CT molecular complexity index is 459. The first-order valence-electron chi connectivity index (χ1n) is 6.61. The summed E-state index contributed by atoms with van der Waals surface area (Å²) < 4.78 is 0. The lowest BCUT2D eigenvalue weighted by Gasteiger charge is -2.13. The van der Waals surface area contributed by atoms with Gasteiger partial charge in [0, 0.05) is 12.2 Å². The van der Waals surface area contributed by atoms with Gasteiger partial charge in [0.2, 0.25) is 0 Å². The van der Waals surface area contributed by atoms with Crippen molar-refractivity contribution in [3.8, 4) is 0 Å². The molecule has 0 aliphatic rings. The van der Waals surface area contributed by atoms with E-state index in [9.17, 15) is 0 Å². The second-order valence-electron chi connectivity index (χ2n) is 4.89.